The van der Waals surface area contributed by atoms with E-state index in [1.54, 1.807) is 0 Å². The van der Waals surface area contributed by atoms with Gasteiger partial charge in [0.1, 0.15) is 11.7 Å². The molecule has 0 bridgehead atoms. The number of amides is 1. The van der Waals surface area contributed by atoms with Gasteiger partial charge in [-0.1, -0.05) is 40.9 Å². The number of benzene rings is 2. The molecule has 0 heterocycles. The summed E-state index contributed by atoms with van der Waals surface area (Å²) in [6, 6.07) is 3.37. The van der Waals surface area contributed by atoms with Gasteiger partial charge in [0.2, 0.25) is 0 Å². The number of hydrazine groups is 1. The number of allylic oxidation sites excluding steroid dienone is 1. The van der Waals surface area contributed by atoms with Crippen LogP contribution in [0.15, 0.2) is 36.4 Å². The van der Waals surface area contributed by atoms with Gasteiger partial charge >= 0.3 is 12.4 Å². The van der Waals surface area contributed by atoms with Gasteiger partial charge in [0, 0.05) is 12.1 Å². The number of hydrogen-bond donors (Lipinski definition) is 1. The molecule has 3 nitrogen and oxygen atoms in total. The third kappa shape index (κ3) is 6.61. The molecule has 1 fully saturated rings. The Morgan fingerprint density at radius 1 is 1.06 bits per heavy atom. The van der Waals surface area contributed by atoms with Gasteiger partial charge < -0.3 is 0 Å². The van der Waals surface area contributed by atoms with Gasteiger partial charge in [0.05, 0.1) is 26.2 Å². The quantitative estimate of drug-likeness (QED) is 0.127. The van der Waals surface area contributed by atoms with E-state index < -0.39 is 52.3 Å². The van der Waals surface area contributed by atoms with Crippen molar-refractivity contribution in [3.05, 3.63) is 73.7 Å². The molecule has 2 N–H and O–H groups in total. The summed E-state index contributed by atoms with van der Waals surface area (Å²) < 4.78 is 97.0. The van der Waals surface area contributed by atoms with E-state index in [-0.39, 0.29) is 39.7 Å². The molecular formula is C22H16Cl3F7N2O. The molecule has 0 radical (unpaired) electrons. The van der Waals surface area contributed by atoms with E-state index in [1.165, 1.54) is 0 Å². The van der Waals surface area contributed by atoms with E-state index in [1.807, 2.05) is 0 Å². The fraction of sp³-hybridized carbons (Fsp3) is 0.318. The molecule has 1 saturated carbocycles. The van der Waals surface area contributed by atoms with Crippen LogP contribution in [0.3, 0.4) is 0 Å². The molecule has 35 heavy (non-hydrogen) atoms. The number of rotatable bonds is 6. The smallest absolute Gasteiger partial charge is 0.276 e. The van der Waals surface area contributed by atoms with Gasteiger partial charge in [-0.15, -0.1) is 0 Å². The molecule has 2 aromatic carbocycles. The van der Waals surface area contributed by atoms with Crippen molar-refractivity contribution < 1.29 is 35.5 Å². The Balaban J connectivity index is 2.03. The zero-order chi connectivity index (χ0) is 26.3. The Hall–Kier alpha value is -2.01. The fourth-order valence-electron chi connectivity index (χ4n) is 3.31. The monoisotopic (exact) mass is 562 g/mol. The van der Waals surface area contributed by atoms with E-state index in [0.717, 1.165) is 31.0 Å². The van der Waals surface area contributed by atoms with E-state index in [4.69, 9.17) is 40.6 Å². The van der Waals surface area contributed by atoms with Crippen LogP contribution in [0.25, 0.3) is 5.83 Å². The second-order valence-corrected chi connectivity index (χ2v) is 9.18. The average Bonchev–Trinajstić information content (AvgIpc) is 3.56. The van der Waals surface area contributed by atoms with E-state index in [0.29, 0.717) is 11.1 Å². The first-order valence-corrected chi connectivity index (χ1v) is 11.1. The zero-order valence-corrected chi connectivity index (χ0v) is 19.7. The summed E-state index contributed by atoms with van der Waals surface area (Å²) in [5.74, 6) is 0.321. The van der Waals surface area contributed by atoms with E-state index >= 15 is 0 Å². The molecule has 1 unspecified atom stereocenters. The highest BCUT2D eigenvalue weighted by atomic mass is 35.5. The molecule has 0 spiro atoms. The second-order valence-electron chi connectivity index (χ2n) is 7.99. The highest BCUT2D eigenvalue weighted by molar-refractivity contribution is 6.48. The number of alkyl halides is 6. The molecule has 3 rings (SSSR count). The molecule has 0 saturated heterocycles. The lowest BCUT2D eigenvalue weighted by Crippen LogP contribution is -2.39. The molecule has 13 heteroatoms. The number of halogens is 10. The summed E-state index contributed by atoms with van der Waals surface area (Å²) >= 11 is 17.3. The average molecular weight is 564 g/mol. The minimum Gasteiger partial charge on any atom is -0.276 e. The maximum absolute atomic E-state index is 14.9. The first kappa shape index (κ1) is 27.6. The van der Waals surface area contributed by atoms with Crippen molar-refractivity contribution in [1.82, 2.24) is 5.01 Å². The van der Waals surface area contributed by atoms with Crippen molar-refractivity contribution in [3.8, 4) is 0 Å². The Bertz CT molecular complexity index is 1140. The molecule has 0 aliphatic heterocycles. The van der Waals surface area contributed by atoms with Gasteiger partial charge in [0.15, 0.2) is 0 Å². The van der Waals surface area contributed by atoms with Gasteiger partial charge in [-0.25, -0.2) is 10.2 Å². The summed E-state index contributed by atoms with van der Waals surface area (Å²) in [7, 11) is 0. The van der Waals surface area contributed by atoms with Crippen molar-refractivity contribution in [2.45, 2.75) is 31.1 Å². The lowest BCUT2D eigenvalue weighted by Gasteiger charge is -2.20. The molecule has 1 amide bonds. The largest absolute Gasteiger partial charge is 0.417 e. The van der Waals surface area contributed by atoms with Gasteiger partial charge in [-0.3, -0.25) is 9.80 Å². The van der Waals surface area contributed by atoms with E-state index in [9.17, 15) is 35.5 Å². The van der Waals surface area contributed by atoms with Gasteiger partial charge in [-0.2, -0.15) is 26.3 Å². The minimum atomic E-state index is -5.11. The van der Waals surface area contributed by atoms with Crippen molar-refractivity contribution in [2.75, 3.05) is 6.54 Å². The molecule has 1 atom stereocenters. The Labute approximate surface area is 210 Å². The summed E-state index contributed by atoms with van der Waals surface area (Å²) in [5, 5.41) is -0.218. The van der Waals surface area contributed by atoms with Crippen LogP contribution in [0.2, 0.25) is 15.1 Å². The van der Waals surface area contributed by atoms with Crippen LogP contribution < -0.4 is 5.84 Å². The van der Waals surface area contributed by atoms with Crippen LogP contribution in [0.4, 0.5) is 30.7 Å². The van der Waals surface area contributed by atoms with Crippen molar-refractivity contribution in [3.63, 3.8) is 0 Å². The number of carbonyl (C=O) groups excluding carboxylic acids is 1. The summed E-state index contributed by atoms with van der Waals surface area (Å²) in [5.41, 5.74) is -3.77. The minimum absolute atomic E-state index is 0.0472. The highest BCUT2D eigenvalue weighted by Gasteiger charge is 2.41. The molecule has 2 aromatic rings. The van der Waals surface area contributed by atoms with Crippen LogP contribution in [0.1, 0.15) is 45.8 Å². The van der Waals surface area contributed by atoms with E-state index in [2.05, 4.69) is 0 Å². The van der Waals surface area contributed by atoms with Crippen molar-refractivity contribution >= 4 is 46.5 Å². The van der Waals surface area contributed by atoms with Crippen molar-refractivity contribution in [2.24, 2.45) is 11.8 Å². The first-order valence-electron chi connectivity index (χ1n) is 9.96. The van der Waals surface area contributed by atoms with Crippen LogP contribution in [-0.2, 0) is 6.18 Å². The maximum Gasteiger partial charge on any atom is 0.417 e. The van der Waals surface area contributed by atoms with Gasteiger partial charge in [0.25, 0.3) is 5.91 Å². The Morgan fingerprint density at radius 2 is 1.63 bits per heavy atom. The molecule has 190 valence electrons. The third-order valence-electron chi connectivity index (χ3n) is 5.27. The second kappa shape index (κ2) is 10.2. The summed E-state index contributed by atoms with van der Waals surface area (Å²) in [6.07, 6.45) is -8.50. The number of nitrogens with zero attached hydrogens (tertiary/aromatic N) is 1. The van der Waals surface area contributed by atoms with Crippen LogP contribution >= 0.6 is 34.8 Å². The predicted octanol–water partition coefficient (Wildman–Crippen LogP) is 8.05. The highest BCUT2D eigenvalue weighted by Crippen LogP contribution is 2.43. The summed E-state index contributed by atoms with van der Waals surface area (Å²) in [4.78, 5) is 12.5. The summed E-state index contributed by atoms with van der Waals surface area (Å²) in [6.45, 7) is 0.0472. The van der Waals surface area contributed by atoms with Crippen LogP contribution in [0, 0.1) is 5.92 Å². The Kier molecular flexibility index (Phi) is 8.00. The lowest BCUT2D eigenvalue weighted by molar-refractivity contribution is -0.140. The fourth-order valence-corrected chi connectivity index (χ4v) is 3.92. The van der Waals surface area contributed by atoms with Crippen LogP contribution in [0.5, 0.6) is 0 Å². The lowest BCUT2D eigenvalue weighted by atomic mass is 9.95. The first-order chi connectivity index (χ1) is 16.1. The SMILES string of the molecule is NN(CC1CC1)C(=O)c1ccc(/C(F)=C/C(c2cc(Cl)c(Cl)c(Cl)c2)C(F)(F)F)cc1C(F)(F)F. The van der Waals surface area contributed by atoms with Crippen molar-refractivity contribution in [1.29, 1.82) is 0 Å². The molecular weight excluding hydrogens is 548 g/mol. The third-order valence-corrected chi connectivity index (χ3v) is 6.47. The standard InChI is InChI=1S/C22H16Cl3F7N2O/c23-16-6-12(7-17(24)19(16)25)14(21(27,28)29)8-18(26)11-3-4-13(15(5-11)22(30,31)32)20(35)34(33)9-10-1-2-10/h3-8,10,14H,1-2,9,33H2/b18-8-. The number of nitrogens with two attached hydrogens (primary N) is 1. The molecule has 1 aliphatic rings. The predicted molar refractivity (Wildman–Crippen MR) is 119 cm³/mol. The zero-order valence-electron chi connectivity index (χ0n) is 17.5. The number of carbonyl (C=O) groups is 1. The number of hydrogen-bond acceptors (Lipinski definition) is 2. The maximum atomic E-state index is 14.9. The topological polar surface area (TPSA) is 46.3 Å². The normalized spacial score (nSPS) is 15.8. The van der Waals surface area contributed by atoms with Gasteiger partial charge in [-0.05, 0) is 54.7 Å². The molecule has 1 aliphatic carbocycles. The van der Waals surface area contributed by atoms with Crippen LogP contribution in [-0.4, -0.2) is 23.6 Å². The molecule has 0 aromatic heterocycles. The Morgan fingerprint density at radius 3 is 2.11 bits per heavy atom.